The molecule has 3 heterocycles. The van der Waals surface area contributed by atoms with Crippen molar-refractivity contribution < 1.29 is 23.1 Å². The number of nitrogen functional groups attached to an aromatic ring is 1. The second kappa shape index (κ2) is 10.3. The van der Waals surface area contributed by atoms with Crippen LogP contribution in [0.4, 0.5) is 11.6 Å². The average Bonchev–Trinajstić information content (AvgIpc) is 3.16. The van der Waals surface area contributed by atoms with Gasteiger partial charge in [-0.25, -0.2) is 23.2 Å². The summed E-state index contributed by atoms with van der Waals surface area (Å²) in [5, 5.41) is 11.7. The van der Waals surface area contributed by atoms with E-state index in [1.54, 1.807) is 37.2 Å². The van der Waals surface area contributed by atoms with Crippen LogP contribution in [0.2, 0.25) is 10.0 Å². The van der Waals surface area contributed by atoms with Gasteiger partial charge in [-0.2, -0.15) is 4.72 Å². The number of carboxylic acids is 1. The first-order valence-electron chi connectivity index (χ1n) is 11.1. The van der Waals surface area contributed by atoms with Gasteiger partial charge in [0.25, 0.3) is 0 Å². The number of benzene rings is 1. The van der Waals surface area contributed by atoms with Crippen LogP contribution in [0.25, 0.3) is 10.8 Å². The van der Waals surface area contributed by atoms with Crippen molar-refractivity contribution in [2.24, 2.45) is 0 Å². The van der Waals surface area contributed by atoms with Crippen molar-refractivity contribution in [3.63, 3.8) is 0 Å². The third-order valence-corrected chi connectivity index (χ3v) is 8.17. The average molecular weight is 567 g/mol. The molecule has 1 aromatic carbocycles. The standard InChI is InChI=1S/C23H24Cl2N6O5S/c1-30(2)21-17(25)9-14(11-28-21)37(35,36)29-18-4-6-31(22(18)32)19(23(33)34)8-13-7-12-3-5-27-20(26)15(12)10-16(13)24/h3,5,7,9-11,18-19,29H,4,6,8H2,1-2H3,(H2,26,27)(H,33,34)/t18-,19?/m0/s1. The number of aromatic nitrogens is 2. The predicted octanol–water partition coefficient (Wildman–Crippen LogP) is 2.16. The lowest BCUT2D eigenvalue weighted by Crippen LogP contribution is -2.48. The summed E-state index contributed by atoms with van der Waals surface area (Å²) in [7, 11) is -0.732. The maximum atomic E-state index is 13.1. The van der Waals surface area contributed by atoms with Crippen LogP contribution in [0.15, 0.2) is 41.6 Å². The summed E-state index contributed by atoms with van der Waals surface area (Å²) in [6.07, 6.45) is 2.68. The van der Waals surface area contributed by atoms with Crippen LogP contribution in [-0.2, 0) is 26.0 Å². The minimum absolute atomic E-state index is 0.0453. The van der Waals surface area contributed by atoms with Gasteiger partial charge >= 0.3 is 5.97 Å². The zero-order chi connectivity index (χ0) is 27.1. The highest BCUT2D eigenvalue weighted by Crippen LogP contribution is 2.30. The predicted molar refractivity (Wildman–Crippen MR) is 140 cm³/mol. The minimum Gasteiger partial charge on any atom is -0.480 e. The first-order chi connectivity index (χ1) is 17.4. The number of sulfonamides is 1. The molecule has 11 nitrogen and oxygen atoms in total. The largest absolute Gasteiger partial charge is 0.480 e. The molecular formula is C23H24Cl2N6O5S. The first kappa shape index (κ1) is 26.9. The fraction of sp³-hybridized carbons (Fsp3) is 0.304. The van der Waals surface area contributed by atoms with Gasteiger partial charge in [-0.3, -0.25) is 4.79 Å². The van der Waals surface area contributed by atoms with Crippen molar-refractivity contribution in [2.45, 2.75) is 29.8 Å². The molecule has 0 bridgehead atoms. The highest BCUT2D eigenvalue weighted by molar-refractivity contribution is 7.89. The van der Waals surface area contributed by atoms with Crippen molar-refractivity contribution in [1.29, 1.82) is 0 Å². The lowest BCUT2D eigenvalue weighted by molar-refractivity contribution is -0.148. The van der Waals surface area contributed by atoms with Crippen LogP contribution in [0, 0.1) is 0 Å². The quantitative estimate of drug-likeness (QED) is 0.371. The molecule has 0 aliphatic carbocycles. The number of nitrogens with zero attached hydrogens (tertiary/aromatic N) is 4. The third-order valence-electron chi connectivity index (χ3n) is 6.10. The first-order valence-corrected chi connectivity index (χ1v) is 13.3. The fourth-order valence-electron chi connectivity index (χ4n) is 4.23. The smallest absolute Gasteiger partial charge is 0.326 e. The molecule has 1 amide bonds. The Bertz CT molecular complexity index is 1500. The summed E-state index contributed by atoms with van der Waals surface area (Å²) in [6.45, 7) is 0.0453. The molecule has 1 aliphatic rings. The number of hydrogen-bond donors (Lipinski definition) is 3. The van der Waals surface area contributed by atoms with E-state index >= 15 is 0 Å². The second-order valence-electron chi connectivity index (χ2n) is 8.78. The highest BCUT2D eigenvalue weighted by atomic mass is 35.5. The van der Waals surface area contributed by atoms with Gasteiger partial charge < -0.3 is 20.6 Å². The van der Waals surface area contributed by atoms with Crippen LogP contribution in [0.1, 0.15) is 12.0 Å². The van der Waals surface area contributed by atoms with Crippen LogP contribution in [0.5, 0.6) is 0 Å². The van der Waals surface area contributed by atoms with E-state index in [-0.39, 0.29) is 34.3 Å². The van der Waals surface area contributed by atoms with Gasteiger partial charge in [0, 0.05) is 49.9 Å². The normalized spacial score (nSPS) is 16.8. The number of pyridine rings is 2. The van der Waals surface area contributed by atoms with E-state index in [4.69, 9.17) is 28.9 Å². The number of aliphatic carboxylic acids is 1. The van der Waals surface area contributed by atoms with E-state index in [0.29, 0.717) is 22.6 Å². The Morgan fingerprint density at radius 1 is 1.27 bits per heavy atom. The van der Waals surface area contributed by atoms with E-state index in [1.165, 1.54) is 12.3 Å². The Labute approximate surface area is 223 Å². The van der Waals surface area contributed by atoms with Crippen molar-refractivity contribution in [2.75, 3.05) is 31.3 Å². The van der Waals surface area contributed by atoms with Gasteiger partial charge in [-0.15, -0.1) is 0 Å². The third kappa shape index (κ3) is 5.42. The number of anilines is 2. The minimum atomic E-state index is -4.15. The number of rotatable bonds is 8. The number of fused-ring (bicyclic) bond motifs is 1. The van der Waals surface area contributed by atoms with Crippen molar-refractivity contribution >= 4 is 67.5 Å². The van der Waals surface area contributed by atoms with Crippen molar-refractivity contribution in [1.82, 2.24) is 19.6 Å². The molecule has 4 N–H and O–H groups in total. The molecule has 1 fully saturated rings. The molecule has 0 radical (unpaired) electrons. The van der Waals surface area contributed by atoms with E-state index in [2.05, 4.69) is 14.7 Å². The van der Waals surface area contributed by atoms with E-state index in [1.807, 2.05) is 0 Å². The maximum absolute atomic E-state index is 13.1. The Morgan fingerprint density at radius 3 is 2.65 bits per heavy atom. The zero-order valence-corrected chi connectivity index (χ0v) is 22.2. The summed E-state index contributed by atoms with van der Waals surface area (Å²) < 4.78 is 28.2. The van der Waals surface area contributed by atoms with E-state index in [0.717, 1.165) is 16.5 Å². The topological polar surface area (TPSA) is 159 Å². The van der Waals surface area contributed by atoms with Gasteiger partial charge in [-0.1, -0.05) is 23.2 Å². The number of carbonyl (C=O) groups is 2. The molecule has 14 heteroatoms. The fourth-order valence-corrected chi connectivity index (χ4v) is 6.06. The number of nitrogens with two attached hydrogens (primary N) is 1. The molecule has 0 spiro atoms. The van der Waals surface area contributed by atoms with Crippen LogP contribution >= 0.6 is 23.2 Å². The summed E-state index contributed by atoms with van der Waals surface area (Å²) in [6, 6.07) is 3.88. The lowest BCUT2D eigenvalue weighted by atomic mass is 10.0. The Balaban J connectivity index is 1.54. The van der Waals surface area contributed by atoms with Gasteiger partial charge in [-0.05, 0) is 41.6 Å². The number of nitrogens with one attached hydrogen (secondary N) is 1. The summed E-state index contributed by atoms with van der Waals surface area (Å²) in [4.78, 5) is 36.0. The lowest BCUT2D eigenvalue weighted by Gasteiger charge is -2.25. The zero-order valence-electron chi connectivity index (χ0n) is 19.9. The molecular weight excluding hydrogens is 543 g/mol. The number of amides is 1. The monoisotopic (exact) mass is 566 g/mol. The Hall–Kier alpha value is -3.19. The van der Waals surface area contributed by atoms with Crippen LogP contribution in [0.3, 0.4) is 0 Å². The molecule has 37 heavy (non-hydrogen) atoms. The van der Waals surface area contributed by atoms with Gasteiger partial charge in [0.1, 0.15) is 28.6 Å². The Kier molecular flexibility index (Phi) is 7.47. The van der Waals surface area contributed by atoms with E-state index in [9.17, 15) is 23.1 Å². The van der Waals surface area contributed by atoms with Crippen LogP contribution < -0.4 is 15.4 Å². The molecule has 2 atom stereocenters. The van der Waals surface area contributed by atoms with E-state index < -0.39 is 34.0 Å². The highest BCUT2D eigenvalue weighted by Gasteiger charge is 2.41. The molecule has 1 aliphatic heterocycles. The number of hydrogen-bond acceptors (Lipinski definition) is 8. The van der Waals surface area contributed by atoms with Crippen molar-refractivity contribution in [3.05, 3.63) is 52.3 Å². The van der Waals surface area contributed by atoms with Crippen molar-refractivity contribution in [3.8, 4) is 0 Å². The number of carboxylic acid groups (broad SMARTS) is 1. The van der Waals surface area contributed by atoms with Gasteiger partial charge in [0.2, 0.25) is 15.9 Å². The SMILES string of the molecule is CN(C)c1ncc(S(=O)(=O)N[C@H]2CCN(C(Cc3cc4ccnc(N)c4cc3Cl)C(=O)O)C2=O)cc1Cl. The molecule has 4 rings (SSSR count). The molecule has 3 aromatic rings. The summed E-state index contributed by atoms with van der Waals surface area (Å²) >= 11 is 12.6. The maximum Gasteiger partial charge on any atom is 0.326 e. The number of halogens is 2. The molecule has 2 aromatic heterocycles. The summed E-state index contributed by atoms with van der Waals surface area (Å²) in [5.41, 5.74) is 6.40. The number of likely N-dealkylation sites (tertiary alicyclic amines) is 1. The molecule has 196 valence electrons. The summed E-state index contributed by atoms with van der Waals surface area (Å²) in [5.74, 6) is -1.21. The molecule has 1 saturated heterocycles. The number of carbonyl (C=O) groups excluding carboxylic acids is 1. The molecule has 0 saturated carbocycles. The Morgan fingerprint density at radius 2 is 2.00 bits per heavy atom. The van der Waals surface area contributed by atoms with Gasteiger partial charge in [0.15, 0.2) is 0 Å². The van der Waals surface area contributed by atoms with Crippen LogP contribution in [-0.4, -0.2) is 73.0 Å². The second-order valence-corrected chi connectivity index (χ2v) is 11.3. The van der Waals surface area contributed by atoms with Gasteiger partial charge in [0.05, 0.1) is 5.02 Å². The molecule has 1 unspecified atom stereocenters.